The summed E-state index contributed by atoms with van der Waals surface area (Å²) in [6, 6.07) is 0. The molecule has 0 saturated heterocycles. The van der Waals surface area contributed by atoms with Gasteiger partial charge in [-0.2, -0.15) is 0 Å². The van der Waals surface area contributed by atoms with E-state index in [0.29, 0.717) is 13.1 Å². The quantitative estimate of drug-likeness (QED) is 0.373. The molecule has 0 aromatic heterocycles. The molecule has 0 aromatic carbocycles. The minimum Gasteiger partial charge on any atom is -0.466 e. The van der Waals surface area contributed by atoms with Crippen molar-refractivity contribution in [1.29, 1.82) is 0 Å². The maximum atomic E-state index is 12.2. The summed E-state index contributed by atoms with van der Waals surface area (Å²) in [5.41, 5.74) is -1.14. The average molecular weight is 313 g/mol. The summed E-state index contributed by atoms with van der Waals surface area (Å²) in [7, 11) is 1.18. The van der Waals surface area contributed by atoms with Crippen molar-refractivity contribution in [3.05, 3.63) is 12.2 Å². The van der Waals surface area contributed by atoms with Gasteiger partial charge in [0.05, 0.1) is 12.5 Å². The van der Waals surface area contributed by atoms with Crippen LogP contribution in [0.1, 0.15) is 27.7 Å². The predicted molar refractivity (Wildman–Crippen MR) is 78.8 cm³/mol. The number of likely N-dealkylation sites (N-methyl/N-ethyl adjacent to an activating group) is 1. The molecule has 22 heavy (non-hydrogen) atoms. The van der Waals surface area contributed by atoms with Crippen LogP contribution in [0.2, 0.25) is 0 Å². The lowest BCUT2D eigenvalue weighted by Gasteiger charge is -2.25. The third-order valence-corrected chi connectivity index (χ3v) is 2.99. The molecule has 0 fully saturated rings. The molecule has 0 aliphatic rings. The lowest BCUT2D eigenvalue weighted by atomic mass is 9.88. The van der Waals surface area contributed by atoms with Crippen molar-refractivity contribution >= 4 is 23.6 Å². The van der Waals surface area contributed by atoms with Crippen LogP contribution >= 0.6 is 0 Å². The van der Waals surface area contributed by atoms with E-state index >= 15 is 0 Å². The van der Waals surface area contributed by atoms with Crippen molar-refractivity contribution in [2.45, 2.75) is 27.7 Å². The molecule has 0 aliphatic carbocycles. The van der Waals surface area contributed by atoms with Gasteiger partial charge < -0.3 is 14.4 Å². The van der Waals surface area contributed by atoms with Gasteiger partial charge in [0.2, 0.25) is 5.78 Å². The molecule has 7 heteroatoms. The molecule has 0 heterocycles. The van der Waals surface area contributed by atoms with Gasteiger partial charge in [0.25, 0.3) is 5.91 Å². The predicted octanol–water partition coefficient (Wildman–Crippen LogP) is 0.722. The van der Waals surface area contributed by atoms with Crippen molar-refractivity contribution in [2.24, 2.45) is 5.41 Å². The number of carbonyl (C=O) groups is 4. The lowest BCUT2D eigenvalue weighted by Crippen LogP contribution is -2.44. The Kier molecular flexibility index (Phi) is 8.08. The molecule has 0 unspecified atom stereocenters. The first-order valence-electron chi connectivity index (χ1n) is 6.96. The highest BCUT2D eigenvalue weighted by molar-refractivity contribution is 6.38. The molecule has 0 radical (unpaired) electrons. The van der Waals surface area contributed by atoms with Crippen molar-refractivity contribution in [1.82, 2.24) is 4.90 Å². The third-order valence-electron chi connectivity index (χ3n) is 2.99. The minimum atomic E-state index is -1.14. The molecule has 0 aliphatic heterocycles. The number of rotatable bonds is 8. The van der Waals surface area contributed by atoms with Gasteiger partial charge in [0.15, 0.2) is 0 Å². The van der Waals surface area contributed by atoms with Crippen molar-refractivity contribution in [2.75, 3.05) is 26.8 Å². The summed E-state index contributed by atoms with van der Waals surface area (Å²) in [6.07, 6.45) is 1.82. The fourth-order valence-electron chi connectivity index (χ4n) is 1.51. The Morgan fingerprint density at radius 2 is 1.50 bits per heavy atom. The average Bonchev–Trinajstić information content (AvgIpc) is 2.50. The largest absolute Gasteiger partial charge is 0.466 e. The minimum absolute atomic E-state index is 0.261. The highest BCUT2D eigenvalue weighted by Gasteiger charge is 2.36. The van der Waals surface area contributed by atoms with Gasteiger partial charge in [-0.25, -0.2) is 9.59 Å². The Bertz CT molecular complexity index is 463. The van der Waals surface area contributed by atoms with Crippen LogP contribution in [-0.4, -0.2) is 55.3 Å². The summed E-state index contributed by atoms with van der Waals surface area (Å²) in [5, 5.41) is 0. The smallest absolute Gasteiger partial charge is 0.331 e. The maximum Gasteiger partial charge on any atom is 0.331 e. The fraction of sp³-hybridized carbons (Fsp3) is 0.600. The van der Waals surface area contributed by atoms with E-state index in [0.717, 1.165) is 12.2 Å². The fourth-order valence-corrected chi connectivity index (χ4v) is 1.51. The van der Waals surface area contributed by atoms with Gasteiger partial charge in [-0.3, -0.25) is 9.59 Å². The number of ether oxygens (including phenoxy) is 2. The molecule has 0 saturated carbocycles. The van der Waals surface area contributed by atoms with E-state index in [1.807, 2.05) is 0 Å². The number of ketones is 1. The zero-order valence-electron chi connectivity index (χ0n) is 13.7. The number of carbonyl (C=O) groups excluding carboxylic acids is 4. The van der Waals surface area contributed by atoms with Crippen LogP contribution in [-0.2, 0) is 28.7 Å². The molecule has 0 bridgehead atoms. The number of hydrogen-bond acceptors (Lipinski definition) is 6. The number of amides is 1. The van der Waals surface area contributed by atoms with Crippen molar-refractivity contribution < 1.29 is 28.7 Å². The van der Waals surface area contributed by atoms with E-state index in [-0.39, 0.29) is 6.61 Å². The third kappa shape index (κ3) is 6.07. The Hall–Kier alpha value is -2.18. The van der Waals surface area contributed by atoms with E-state index in [1.54, 1.807) is 13.8 Å². The SMILES string of the molecule is CCN(CC)C(=O)C(=O)C(C)(C)COC(=O)/C=C/C(=O)OC. The van der Waals surface area contributed by atoms with Gasteiger partial charge in [0, 0.05) is 25.2 Å². The van der Waals surface area contributed by atoms with E-state index in [4.69, 9.17) is 4.74 Å². The molecule has 0 spiro atoms. The summed E-state index contributed by atoms with van der Waals surface area (Å²) < 4.78 is 9.22. The van der Waals surface area contributed by atoms with Gasteiger partial charge in [-0.15, -0.1) is 0 Å². The highest BCUT2D eigenvalue weighted by atomic mass is 16.5. The Labute approximate surface area is 130 Å². The normalized spacial score (nSPS) is 11.1. The lowest BCUT2D eigenvalue weighted by molar-refractivity contribution is -0.153. The molecule has 0 aromatic rings. The highest BCUT2D eigenvalue weighted by Crippen LogP contribution is 2.18. The number of methoxy groups -OCH3 is 1. The van der Waals surface area contributed by atoms with Crippen LogP contribution in [0.3, 0.4) is 0 Å². The second kappa shape index (κ2) is 8.96. The van der Waals surface area contributed by atoms with Crippen LogP contribution in [0, 0.1) is 5.41 Å². The maximum absolute atomic E-state index is 12.2. The summed E-state index contributed by atoms with van der Waals surface area (Å²) >= 11 is 0. The second-order valence-electron chi connectivity index (χ2n) is 5.15. The van der Waals surface area contributed by atoms with Gasteiger partial charge in [0.1, 0.15) is 6.61 Å². The van der Waals surface area contributed by atoms with Crippen LogP contribution in [0.4, 0.5) is 0 Å². The van der Waals surface area contributed by atoms with E-state index < -0.39 is 29.0 Å². The van der Waals surface area contributed by atoms with Crippen molar-refractivity contribution in [3.8, 4) is 0 Å². The standard InChI is InChI=1S/C15H23NO6/c1-6-16(7-2)14(20)13(19)15(3,4)10-22-12(18)9-8-11(17)21-5/h8-9H,6-7,10H2,1-5H3/b9-8+. The molecular weight excluding hydrogens is 290 g/mol. The first kappa shape index (κ1) is 19.8. The summed E-state index contributed by atoms with van der Waals surface area (Å²) in [5.74, 6) is -2.71. The van der Waals surface area contributed by atoms with E-state index in [9.17, 15) is 19.2 Å². The monoisotopic (exact) mass is 313 g/mol. The number of Topliss-reactive ketones (excluding diaryl/α,β-unsaturated/α-hetero) is 1. The van der Waals surface area contributed by atoms with E-state index in [2.05, 4.69) is 4.74 Å². The second-order valence-corrected chi connectivity index (χ2v) is 5.15. The summed E-state index contributed by atoms with van der Waals surface area (Å²) in [4.78, 5) is 47.9. The van der Waals surface area contributed by atoms with Crippen LogP contribution in [0.15, 0.2) is 12.2 Å². The van der Waals surface area contributed by atoms with Gasteiger partial charge in [-0.1, -0.05) is 0 Å². The Morgan fingerprint density at radius 3 is 1.95 bits per heavy atom. The zero-order chi connectivity index (χ0) is 17.3. The Morgan fingerprint density at radius 1 is 1.00 bits per heavy atom. The van der Waals surface area contributed by atoms with Crippen molar-refractivity contribution in [3.63, 3.8) is 0 Å². The number of nitrogens with zero attached hydrogens (tertiary/aromatic N) is 1. The first-order chi connectivity index (χ1) is 10.2. The number of esters is 2. The topological polar surface area (TPSA) is 90.0 Å². The molecule has 7 nitrogen and oxygen atoms in total. The van der Waals surface area contributed by atoms with Gasteiger partial charge in [-0.05, 0) is 27.7 Å². The first-order valence-corrected chi connectivity index (χ1v) is 6.96. The zero-order valence-corrected chi connectivity index (χ0v) is 13.7. The Balaban J connectivity index is 4.66. The number of hydrogen-bond donors (Lipinski definition) is 0. The molecule has 0 atom stereocenters. The molecule has 0 rings (SSSR count). The molecule has 0 N–H and O–H groups in total. The van der Waals surface area contributed by atoms with Crippen LogP contribution in [0.25, 0.3) is 0 Å². The van der Waals surface area contributed by atoms with Crippen LogP contribution in [0.5, 0.6) is 0 Å². The van der Waals surface area contributed by atoms with Gasteiger partial charge >= 0.3 is 11.9 Å². The molecule has 124 valence electrons. The van der Waals surface area contributed by atoms with Crippen LogP contribution < -0.4 is 0 Å². The molecule has 1 amide bonds. The summed E-state index contributed by atoms with van der Waals surface area (Å²) in [6.45, 7) is 7.20. The van der Waals surface area contributed by atoms with E-state index in [1.165, 1.54) is 25.9 Å². The molecular formula is C15H23NO6.